The van der Waals surface area contributed by atoms with Crippen LogP contribution in [-0.2, 0) is 16.0 Å². The molecule has 1 aliphatic carbocycles. The highest BCUT2D eigenvalue weighted by Crippen LogP contribution is 2.32. The quantitative estimate of drug-likeness (QED) is 0.262. The van der Waals surface area contributed by atoms with Crippen molar-refractivity contribution in [2.75, 3.05) is 5.32 Å². The summed E-state index contributed by atoms with van der Waals surface area (Å²) in [6.45, 7) is 3.98. The van der Waals surface area contributed by atoms with E-state index in [-0.39, 0.29) is 17.9 Å². The Morgan fingerprint density at radius 2 is 1.93 bits per heavy atom. The Balaban J connectivity index is 0.000000596. The minimum absolute atomic E-state index is 0.133. The fourth-order valence-corrected chi connectivity index (χ4v) is 3.05. The summed E-state index contributed by atoms with van der Waals surface area (Å²) in [5.74, 6) is -0.950. The van der Waals surface area contributed by atoms with Crippen molar-refractivity contribution < 1.29 is 9.59 Å². The number of guanidine groups is 1. The maximum atomic E-state index is 12.2. The number of carbonyl (C=O) groups excluding carboxylic acids is 2. The number of rotatable bonds is 2. The van der Waals surface area contributed by atoms with E-state index in [1.54, 1.807) is 6.20 Å². The van der Waals surface area contributed by atoms with Gasteiger partial charge >= 0.3 is 11.8 Å². The summed E-state index contributed by atoms with van der Waals surface area (Å²) in [5, 5.41) is 11.4. The molecule has 144 valence electrons. The number of hydrogen-bond acceptors (Lipinski definition) is 4. The molecule has 1 aromatic carbocycles. The number of aromatic nitrogens is 2. The number of nitrogens with zero attached hydrogens (tertiary/aromatic N) is 1. The molecule has 27 heavy (non-hydrogen) atoms. The number of carbonyl (C=O) groups is 2. The minimum Gasteiger partial charge on any atom is -0.370 e. The van der Waals surface area contributed by atoms with Crippen LogP contribution in [0.15, 0.2) is 30.5 Å². The number of fused-ring (bicyclic) bond motifs is 1. The maximum Gasteiger partial charge on any atom is 0.316 e. The number of anilines is 1. The van der Waals surface area contributed by atoms with Crippen LogP contribution in [0.4, 0.5) is 5.95 Å². The maximum absolute atomic E-state index is 12.2. The van der Waals surface area contributed by atoms with Gasteiger partial charge in [0.25, 0.3) is 0 Å². The summed E-state index contributed by atoms with van der Waals surface area (Å²) in [4.78, 5) is 31.0. The van der Waals surface area contributed by atoms with Crippen LogP contribution in [-0.4, -0.2) is 27.7 Å². The van der Waals surface area contributed by atoms with Gasteiger partial charge in [0.15, 0.2) is 5.96 Å². The first-order valence-electron chi connectivity index (χ1n) is 8.57. The first-order valence-corrected chi connectivity index (χ1v) is 8.57. The van der Waals surface area contributed by atoms with Gasteiger partial charge in [0, 0.05) is 11.9 Å². The molecule has 0 spiro atoms. The van der Waals surface area contributed by atoms with Gasteiger partial charge in [-0.25, -0.2) is 4.98 Å². The van der Waals surface area contributed by atoms with Gasteiger partial charge in [-0.3, -0.25) is 20.3 Å². The number of nitrogens with two attached hydrogens (primary N) is 2. The fourth-order valence-electron chi connectivity index (χ4n) is 3.05. The molecule has 2 aromatic rings. The molecule has 1 aliphatic rings. The van der Waals surface area contributed by atoms with Crippen LogP contribution < -0.4 is 22.1 Å². The van der Waals surface area contributed by atoms with Crippen molar-refractivity contribution in [1.82, 2.24) is 15.3 Å². The first-order chi connectivity index (χ1) is 12.8. The molecule has 9 heteroatoms. The molecular weight excluding hydrogens is 346 g/mol. The Morgan fingerprint density at radius 1 is 1.26 bits per heavy atom. The molecule has 1 aromatic heterocycles. The molecule has 1 heterocycles. The third-order valence-corrected chi connectivity index (χ3v) is 4.08. The number of amides is 2. The number of H-pyrrole nitrogens is 1. The van der Waals surface area contributed by atoms with Crippen molar-refractivity contribution in [2.45, 2.75) is 32.7 Å². The van der Waals surface area contributed by atoms with Crippen molar-refractivity contribution in [3.8, 4) is 0 Å². The SMILES string of the molecule is Cc1cnc(NC(=O)C(=O)NC2CC(C)Cc3ccccc32)[nH]1.N=C(N)N. The minimum atomic E-state index is -0.713. The first kappa shape index (κ1) is 20.0. The van der Waals surface area contributed by atoms with Crippen LogP contribution in [0.2, 0.25) is 0 Å². The lowest BCUT2D eigenvalue weighted by atomic mass is 9.81. The second-order valence-electron chi connectivity index (χ2n) is 6.59. The lowest BCUT2D eigenvalue weighted by molar-refractivity contribution is -0.136. The normalized spacial score (nSPS) is 17.7. The third kappa shape index (κ3) is 5.84. The summed E-state index contributed by atoms with van der Waals surface area (Å²) in [6, 6.07) is 7.92. The highest BCUT2D eigenvalue weighted by Gasteiger charge is 2.27. The zero-order chi connectivity index (χ0) is 20.0. The Labute approximate surface area is 157 Å². The van der Waals surface area contributed by atoms with Crippen molar-refractivity contribution in [3.63, 3.8) is 0 Å². The number of aryl methyl sites for hydroxylation is 1. The Bertz CT molecular complexity index is 827. The fraction of sp³-hybridized carbons (Fsp3) is 0.333. The van der Waals surface area contributed by atoms with Crippen LogP contribution in [0.5, 0.6) is 0 Å². The van der Waals surface area contributed by atoms with E-state index in [2.05, 4.69) is 45.1 Å². The molecule has 0 saturated carbocycles. The van der Waals surface area contributed by atoms with Crippen LogP contribution in [0.1, 0.15) is 36.2 Å². The molecule has 8 N–H and O–H groups in total. The highest BCUT2D eigenvalue weighted by molar-refractivity contribution is 6.39. The van der Waals surface area contributed by atoms with Crippen molar-refractivity contribution in [1.29, 1.82) is 5.41 Å². The lowest BCUT2D eigenvalue weighted by Crippen LogP contribution is -2.40. The van der Waals surface area contributed by atoms with E-state index >= 15 is 0 Å². The van der Waals surface area contributed by atoms with E-state index in [1.165, 1.54) is 5.56 Å². The monoisotopic (exact) mass is 371 g/mol. The Kier molecular flexibility index (Phi) is 6.53. The number of hydrogen-bond donors (Lipinski definition) is 6. The van der Waals surface area contributed by atoms with Gasteiger partial charge in [-0.2, -0.15) is 0 Å². The second kappa shape index (κ2) is 8.84. The average molecular weight is 371 g/mol. The molecule has 2 atom stereocenters. The van der Waals surface area contributed by atoms with Crippen molar-refractivity contribution in [3.05, 3.63) is 47.3 Å². The van der Waals surface area contributed by atoms with E-state index < -0.39 is 11.8 Å². The second-order valence-corrected chi connectivity index (χ2v) is 6.59. The summed E-state index contributed by atoms with van der Waals surface area (Å²) in [6.07, 6.45) is 3.42. The summed E-state index contributed by atoms with van der Waals surface area (Å²) < 4.78 is 0. The molecule has 0 fully saturated rings. The predicted octanol–water partition coefficient (Wildman–Crippen LogP) is 0.935. The van der Waals surface area contributed by atoms with E-state index in [1.807, 2.05) is 25.1 Å². The largest absolute Gasteiger partial charge is 0.370 e. The molecule has 0 aliphatic heterocycles. The summed E-state index contributed by atoms with van der Waals surface area (Å²) in [7, 11) is 0. The van der Waals surface area contributed by atoms with Gasteiger partial charge in [0.05, 0.1) is 6.04 Å². The van der Waals surface area contributed by atoms with Crippen LogP contribution in [0.3, 0.4) is 0 Å². The molecule has 9 nitrogen and oxygen atoms in total. The van der Waals surface area contributed by atoms with Crippen LogP contribution >= 0.6 is 0 Å². The van der Waals surface area contributed by atoms with E-state index in [4.69, 9.17) is 5.41 Å². The van der Waals surface area contributed by atoms with E-state index in [9.17, 15) is 9.59 Å². The van der Waals surface area contributed by atoms with E-state index in [0.29, 0.717) is 5.92 Å². The Morgan fingerprint density at radius 3 is 2.56 bits per heavy atom. The third-order valence-electron chi connectivity index (χ3n) is 4.08. The van der Waals surface area contributed by atoms with Crippen LogP contribution in [0.25, 0.3) is 0 Å². The summed E-state index contributed by atoms with van der Waals surface area (Å²) in [5.41, 5.74) is 12.1. The van der Waals surface area contributed by atoms with Gasteiger partial charge in [0.2, 0.25) is 5.95 Å². The van der Waals surface area contributed by atoms with Crippen LogP contribution in [0, 0.1) is 18.3 Å². The van der Waals surface area contributed by atoms with Crippen molar-refractivity contribution in [2.24, 2.45) is 17.4 Å². The molecule has 0 bridgehead atoms. The predicted molar refractivity (Wildman–Crippen MR) is 103 cm³/mol. The zero-order valence-electron chi connectivity index (χ0n) is 15.4. The molecule has 0 radical (unpaired) electrons. The molecule has 3 rings (SSSR count). The van der Waals surface area contributed by atoms with Gasteiger partial charge in [-0.15, -0.1) is 0 Å². The molecular formula is C18H25N7O2. The summed E-state index contributed by atoms with van der Waals surface area (Å²) >= 11 is 0. The lowest BCUT2D eigenvalue weighted by Gasteiger charge is -2.30. The number of imidazole rings is 1. The topological polar surface area (TPSA) is 163 Å². The van der Waals surface area contributed by atoms with E-state index in [0.717, 1.165) is 24.1 Å². The molecule has 2 unspecified atom stereocenters. The molecule has 0 saturated heterocycles. The number of benzene rings is 1. The number of nitrogens with one attached hydrogen (secondary N) is 4. The smallest absolute Gasteiger partial charge is 0.316 e. The average Bonchev–Trinajstić information content (AvgIpc) is 2.99. The van der Waals surface area contributed by atoms with Gasteiger partial charge in [-0.1, -0.05) is 31.2 Å². The standard InChI is InChI=1S/C17H20N4O2.CH5N3/c1-10-7-12-5-3-4-6-13(12)14(8-10)20-15(22)16(23)21-17-18-9-11(2)19-17;2-1(3)4/h3-6,9-10,14H,7-8H2,1-2H3,(H,20,22)(H2,18,19,21,23);(H5,2,3,4). The Hall–Kier alpha value is -3.36. The molecule has 2 amide bonds. The highest BCUT2D eigenvalue weighted by atomic mass is 16.2. The zero-order valence-corrected chi connectivity index (χ0v) is 15.4. The van der Waals surface area contributed by atoms with Gasteiger partial charge < -0.3 is 21.8 Å². The van der Waals surface area contributed by atoms with Crippen molar-refractivity contribution >= 4 is 23.7 Å². The van der Waals surface area contributed by atoms with Gasteiger partial charge in [-0.05, 0) is 36.8 Å². The number of aromatic amines is 1. The van der Waals surface area contributed by atoms with Gasteiger partial charge in [0.1, 0.15) is 0 Å².